The largest absolute Gasteiger partial charge is 0.385 e. The summed E-state index contributed by atoms with van der Waals surface area (Å²) >= 11 is 12.3. The number of rotatable bonds is 4. The standard InChI is InChI=1S/C14H16Cl2N2/c1-3-5-9-8-12(17-4-2)10-6-7-11(15)13(16)14(10)18-9/h6-8H,3-5H2,1-2H3,(H,17,18). The van der Waals surface area contributed by atoms with Gasteiger partial charge in [0.25, 0.3) is 0 Å². The molecular formula is C14H16Cl2N2. The Kier molecular flexibility index (Phi) is 4.31. The van der Waals surface area contributed by atoms with Crippen LogP contribution in [0.15, 0.2) is 18.2 Å². The van der Waals surface area contributed by atoms with Crippen molar-refractivity contribution in [2.24, 2.45) is 0 Å². The topological polar surface area (TPSA) is 24.9 Å². The maximum absolute atomic E-state index is 6.25. The van der Waals surface area contributed by atoms with E-state index in [1.54, 1.807) is 0 Å². The summed E-state index contributed by atoms with van der Waals surface area (Å²) in [5.41, 5.74) is 2.90. The van der Waals surface area contributed by atoms with Crippen molar-refractivity contribution in [3.05, 3.63) is 33.9 Å². The molecule has 0 amide bonds. The lowest BCUT2D eigenvalue weighted by Gasteiger charge is -2.12. The van der Waals surface area contributed by atoms with Gasteiger partial charge in [0.1, 0.15) is 0 Å². The Bertz CT molecular complexity index is 567. The number of aryl methyl sites for hydroxylation is 1. The Morgan fingerprint density at radius 2 is 2.00 bits per heavy atom. The van der Waals surface area contributed by atoms with Crippen LogP contribution in [0.3, 0.4) is 0 Å². The zero-order valence-electron chi connectivity index (χ0n) is 10.6. The highest BCUT2D eigenvalue weighted by atomic mass is 35.5. The predicted octanol–water partition coefficient (Wildman–Crippen LogP) is 4.93. The van der Waals surface area contributed by atoms with Crippen molar-refractivity contribution in [2.75, 3.05) is 11.9 Å². The lowest BCUT2D eigenvalue weighted by Crippen LogP contribution is -2.01. The summed E-state index contributed by atoms with van der Waals surface area (Å²) in [6.07, 6.45) is 2.00. The molecule has 4 heteroatoms. The van der Waals surface area contributed by atoms with Crippen molar-refractivity contribution in [1.82, 2.24) is 4.98 Å². The van der Waals surface area contributed by atoms with Crippen molar-refractivity contribution < 1.29 is 0 Å². The summed E-state index contributed by atoms with van der Waals surface area (Å²) in [4.78, 5) is 4.61. The fourth-order valence-electron chi connectivity index (χ4n) is 2.01. The molecule has 2 aromatic rings. The molecule has 1 aromatic heterocycles. The zero-order chi connectivity index (χ0) is 13.1. The Balaban J connectivity index is 2.68. The van der Waals surface area contributed by atoms with Crippen LogP contribution in [0.1, 0.15) is 26.0 Å². The number of halogens is 2. The van der Waals surface area contributed by atoms with Crippen LogP contribution < -0.4 is 5.32 Å². The summed E-state index contributed by atoms with van der Waals surface area (Å²) < 4.78 is 0. The molecule has 0 bridgehead atoms. The lowest BCUT2D eigenvalue weighted by atomic mass is 10.1. The third-order valence-corrected chi connectivity index (χ3v) is 3.59. The first-order chi connectivity index (χ1) is 8.67. The molecule has 1 aromatic carbocycles. The van der Waals surface area contributed by atoms with E-state index >= 15 is 0 Å². The maximum atomic E-state index is 6.25. The van der Waals surface area contributed by atoms with Gasteiger partial charge < -0.3 is 5.32 Å². The molecule has 0 saturated heterocycles. The summed E-state index contributed by atoms with van der Waals surface area (Å²) in [6.45, 7) is 5.08. The number of fused-ring (bicyclic) bond motifs is 1. The average Bonchev–Trinajstić information content (AvgIpc) is 2.35. The van der Waals surface area contributed by atoms with Crippen LogP contribution >= 0.6 is 23.2 Å². The second-order valence-electron chi connectivity index (χ2n) is 4.20. The first-order valence-electron chi connectivity index (χ1n) is 6.18. The van der Waals surface area contributed by atoms with Gasteiger partial charge in [0, 0.05) is 23.3 Å². The van der Waals surface area contributed by atoms with Crippen LogP contribution in [0.25, 0.3) is 10.9 Å². The van der Waals surface area contributed by atoms with E-state index in [1.165, 1.54) is 0 Å². The van der Waals surface area contributed by atoms with Crippen molar-refractivity contribution in [3.63, 3.8) is 0 Å². The molecule has 2 rings (SSSR count). The Labute approximate surface area is 117 Å². The quantitative estimate of drug-likeness (QED) is 0.860. The summed E-state index contributed by atoms with van der Waals surface area (Å²) in [5, 5.41) is 5.46. The van der Waals surface area contributed by atoms with Gasteiger partial charge in [-0.2, -0.15) is 0 Å². The molecule has 0 unspecified atom stereocenters. The van der Waals surface area contributed by atoms with E-state index in [9.17, 15) is 0 Å². The molecule has 0 radical (unpaired) electrons. The normalized spacial score (nSPS) is 10.9. The van der Waals surface area contributed by atoms with E-state index in [4.69, 9.17) is 23.2 Å². The minimum Gasteiger partial charge on any atom is -0.385 e. The van der Waals surface area contributed by atoms with Crippen LogP contribution in [-0.4, -0.2) is 11.5 Å². The highest BCUT2D eigenvalue weighted by Crippen LogP contribution is 2.33. The first-order valence-corrected chi connectivity index (χ1v) is 6.94. The van der Waals surface area contributed by atoms with Gasteiger partial charge in [0.15, 0.2) is 0 Å². The van der Waals surface area contributed by atoms with Gasteiger partial charge in [-0.15, -0.1) is 0 Å². The van der Waals surface area contributed by atoms with Crippen LogP contribution in [0, 0.1) is 0 Å². The number of nitrogens with one attached hydrogen (secondary N) is 1. The molecule has 2 nitrogen and oxygen atoms in total. The van der Waals surface area contributed by atoms with E-state index in [-0.39, 0.29) is 0 Å². The molecule has 0 fully saturated rings. The predicted molar refractivity (Wildman–Crippen MR) is 79.9 cm³/mol. The summed E-state index contributed by atoms with van der Waals surface area (Å²) in [6, 6.07) is 5.87. The number of hydrogen-bond donors (Lipinski definition) is 1. The van der Waals surface area contributed by atoms with Gasteiger partial charge in [0.2, 0.25) is 0 Å². The van der Waals surface area contributed by atoms with Gasteiger partial charge in [-0.3, -0.25) is 4.98 Å². The number of anilines is 1. The smallest absolute Gasteiger partial charge is 0.0927 e. The van der Waals surface area contributed by atoms with Gasteiger partial charge in [-0.25, -0.2) is 0 Å². The van der Waals surface area contributed by atoms with Crippen LogP contribution in [0.4, 0.5) is 5.69 Å². The second kappa shape index (κ2) is 5.77. The Hall–Kier alpha value is -0.990. The fraction of sp³-hybridized carbons (Fsp3) is 0.357. The van der Waals surface area contributed by atoms with Crippen molar-refractivity contribution in [1.29, 1.82) is 0 Å². The molecule has 0 atom stereocenters. The molecule has 0 spiro atoms. The number of benzene rings is 1. The van der Waals surface area contributed by atoms with E-state index in [0.29, 0.717) is 10.0 Å². The van der Waals surface area contributed by atoms with Gasteiger partial charge >= 0.3 is 0 Å². The van der Waals surface area contributed by atoms with Crippen molar-refractivity contribution >= 4 is 39.8 Å². The van der Waals surface area contributed by atoms with E-state index < -0.39 is 0 Å². The van der Waals surface area contributed by atoms with Crippen LogP contribution in [-0.2, 0) is 6.42 Å². The maximum Gasteiger partial charge on any atom is 0.0927 e. The fourth-order valence-corrected chi connectivity index (χ4v) is 2.37. The third-order valence-electron chi connectivity index (χ3n) is 2.80. The second-order valence-corrected chi connectivity index (χ2v) is 4.98. The summed E-state index contributed by atoms with van der Waals surface area (Å²) in [5.74, 6) is 0. The number of hydrogen-bond acceptors (Lipinski definition) is 2. The van der Waals surface area contributed by atoms with Crippen molar-refractivity contribution in [3.8, 4) is 0 Å². The molecule has 0 aliphatic carbocycles. The SMILES string of the molecule is CCCc1cc(NCC)c2ccc(Cl)c(Cl)c2n1. The summed E-state index contributed by atoms with van der Waals surface area (Å²) in [7, 11) is 0. The van der Waals surface area contributed by atoms with Gasteiger partial charge in [-0.05, 0) is 31.5 Å². The van der Waals surface area contributed by atoms with E-state index in [2.05, 4.69) is 30.2 Å². The van der Waals surface area contributed by atoms with Crippen LogP contribution in [0.5, 0.6) is 0 Å². The van der Waals surface area contributed by atoms with Crippen LogP contribution in [0.2, 0.25) is 10.0 Å². The molecule has 0 saturated carbocycles. The molecule has 1 heterocycles. The Morgan fingerprint density at radius 1 is 1.22 bits per heavy atom. The molecular weight excluding hydrogens is 267 g/mol. The highest BCUT2D eigenvalue weighted by molar-refractivity contribution is 6.45. The Morgan fingerprint density at radius 3 is 2.67 bits per heavy atom. The van der Waals surface area contributed by atoms with Gasteiger partial charge in [0.05, 0.1) is 15.6 Å². The third kappa shape index (κ3) is 2.55. The monoisotopic (exact) mass is 282 g/mol. The first kappa shape index (κ1) is 13.4. The van der Waals surface area contributed by atoms with Gasteiger partial charge in [-0.1, -0.05) is 36.5 Å². The highest BCUT2D eigenvalue weighted by Gasteiger charge is 2.10. The van der Waals surface area contributed by atoms with E-state index in [1.807, 2.05) is 12.1 Å². The number of aromatic nitrogens is 1. The average molecular weight is 283 g/mol. The molecule has 0 aliphatic heterocycles. The number of nitrogens with zero attached hydrogens (tertiary/aromatic N) is 1. The molecule has 0 aliphatic rings. The molecule has 18 heavy (non-hydrogen) atoms. The van der Waals surface area contributed by atoms with E-state index in [0.717, 1.165) is 41.7 Å². The van der Waals surface area contributed by atoms with Crippen molar-refractivity contribution in [2.45, 2.75) is 26.7 Å². The molecule has 96 valence electrons. The lowest BCUT2D eigenvalue weighted by molar-refractivity contribution is 0.890. The number of pyridine rings is 1. The molecule has 1 N–H and O–H groups in total. The minimum absolute atomic E-state index is 0.534. The minimum atomic E-state index is 0.534. The zero-order valence-corrected chi connectivity index (χ0v) is 12.1.